The molecule has 84 valence electrons. The molecule has 3 heteroatoms. The Morgan fingerprint density at radius 1 is 1.60 bits per heavy atom. The van der Waals surface area contributed by atoms with Crippen molar-refractivity contribution < 1.29 is 0 Å². The smallest absolute Gasteiger partial charge is 0.0386 e. The van der Waals surface area contributed by atoms with Crippen LogP contribution in [0.5, 0.6) is 0 Å². The van der Waals surface area contributed by atoms with Crippen molar-refractivity contribution in [2.75, 3.05) is 12.8 Å². The highest BCUT2D eigenvalue weighted by Gasteiger charge is 2.35. The third-order valence-electron chi connectivity index (χ3n) is 3.40. The summed E-state index contributed by atoms with van der Waals surface area (Å²) in [5.74, 6) is 0. The lowest BCUT2D eigenvalue weighted by atomic mass is 9.84. The summed E-state index contributed by atoms with van der Waals surface area (Å²) < 4.78 is 0.547. The first kappa shape index (κ1) is 11.5. The van der Waals surface area contributed by atoms with Crippen LogP contribution in [0, 0.1) is 0 Å². The zero-order valence-electron chi connectivity index (χ0n) is 9.45. The van der Waals surface area contributed by atoms with Gasteiger partial charge in [-0.3, -0.25) is 0 Å². The van der Waals surface area contributed by atoms with E-state index >= 15 is 0 Å². The van der Waals surface area contributed by atoms with Crippen LogP contribution >= 0.6 is 23.1 Å². The van der Waals surface area contributed by atoms with Crippen LogP contribution in [-0.4, -0.2) is 17.5 Å². The molecule has 0 radical (unpaired) electrons. The van der Waals surface area contributed by atoms with Crippen LogP contribution in [-0.2, 0) is 0 Å². The van der Waals surface area contributed by atoms with Crippen LogP contribution in [0.4, 0.5) is 0 Å². The monoisotopic (exact) mass is 241 g/mol. The van der Waals surface area contributed by atoms with Gasteiger partial charge in [-0.15, -0.1) is 11.3 Å². The number of hydrogen-bond acceptors (Lipinski definition) is 3. The molecule has 0 aliphatic heterocycles. The van der Waals surface area contributed by atoms with Gasteiger partial charge in [-0.05, 0) is 37.5 Å². The largest absolute Gasteiger partial charge is 0.308 e. The molecule has 1 saturated carbocycles. The van der Waals surface area contributed by atoms with Crippen LogP contribution < -0.4 is 5.32 Å². The van der Waals surface area contributed by atoms with Gasteiger partial charge in [0.25, 0.3) is 0 Å². The van der Waals surface area contributed by atoms with E-state index in [1.54, 1.807) is 0 Å². The van der Waals surface area contributed by atoms with Gasteiger partial charge in [-0.25, -0.2) is 0 Å². The normalized spacial score (nSPS) is 20.9. The molecular formula is C12H19NS2. The van der Waals surface area contributed by atoms with E-state index in [9.17, 15) is 0 Å². The van der Waals surface area contributed by atoms with Crippen molar-refractivity contribution in [2.24, 2.45) is 0 Å². The zero-order valence-corrected chi connectivity index (χ0v) is 11.1. The van der Waals surface area contributed by atoms with Gasteiger partial charge >= 0.3 is 0 Å². The van der Waals surface area contributed by atoms with E-state index in [0.717, 1.165) is 6.54 Å². The molecular weight excluding hydrogens is 222 g/mol. The Morgan fingerprint density at radius 2 is 2.40 bits per heavy atom. The second kappa shape index (κ2) is 4.89. The molecule has 15 heavy (non-hydrogen) atoms. The Balaban J connectivity index is 1.82. The van der Waals surface area contributed by atoms with E-state index in [1.165, 1.54) is 24.1 Å². The molecule has 1 aromatic heterocycles. The second-order valence-corrected chi connectivity index (χ2v) is 6.61. The van der Waals surface area contributed by atoms with Gasteiger partial charge in [0.1, 0.15) is 0 Å². The van der Waals surface area contributed by atoms with Gasteiger partial charge in [-0.2, -0.15) is 11.8 Å². The number of rotatable bonds is 5. The molecule has 1 nitrogen and oxygen atoms in total. The fraction of sp³-hybridized carbons (Fsp3) is 0.667. The maximum absolute atomic E-state index is 3.67. The predicted octanol–water partition coefficient (Wildman–Crippen LogP) is 3.68. The molecule has 1 aliphatic rings. The topological polar surface area (TPSA) is 12.0 Å². The van der Waals surface area contributed by atoms with E-state index in [2.05, 4.69) is 36.0 Å². The summed E-state index contributed by atoms with van der Waals surface area (Å²) in [4.78, 5) is 1.45. The number of thiophene rings is 1. The average Bonchev–Trinajstić information content (AvgIpc) is 2.69. The Kier molecular flexibility index (Phi) is 3.75. The fourth-order valence-electron chi connectivity index (χ4n) is 2.00. The highest BCUT2D eigenvalue weighted by molar-refractivity contribution is 8.00. The van der Waals surface area contributed by atoms with Gasteiger partial charge in [0, 0.05) is 22.2 Å². The van der Waals surface area contributed by atoms with E-state index < -0.39 is 0 Å². The molecule has 0 bridgehead atoms. The Bertz CT molecular complexity index is 285. The van der Waals surface area contributed by atoms with Crippen LogP contribution in [0.2, 0.25) is 0 Å². The summed E-state index contributed by atoms with van der Waals surface area (Å²) >= 11 is 3.88. The van der Waals surface area contributed by atoms with Crippen LogP contribution in [0.3, 0.4) is 0 Å². The lowest BCUT2D eigenvalue weighted by molar-refractivity contribution is 0.335. The predicted molar refractivity (Wildman–Crippen MR) is 70.8 cm³/mol. The van der Waals surface area contributed by atoms with Crippen molar-refractivity contribution in [3.63, 3.8) is 0 Å². The number of nitrogens with one attached hydrogen (secondary N) is 1. The zero-order chi connectivity index (χ0) is 10.7. The van der Waals surface area contributed by atoms with Crippen molar-refractivity contribution in [2.45, 2.75) is 37.0 Å². The SMILES string of the molecule is CSC1(CNC(C)c2cccs2)CCC1. The summed E-state index contributed by atoms with van der Waals surface area (Å²) in [6.45, 7) is 3.42. The van der Waals surface area contributed by atoms with Crippen LogP contribution in [0.1, 0.15) is 37.1 Å². The lowest BCUT2D eigenvalue weighted by Gasteiger charge is -2.41. The molecule has 0 spiro atoms. The summed E-state index contributed by atoms with van der Waals surface area (Å²) in [6.07, 6.45) is 6.43. The van der Waals surface area contributed by atoms with Gasteiger partial charge in [0.2, 0.25) is 0 Å². The molecule has 0 amide bonds. The molecule has 1 fully saturated rings. The standard InChI is InChI=1S/C12H19NS2/c1-10(11-5-3-8-15-11)13-9-12(14-2)6-4-7-12/h3,5,8,10,13H,4,6-7,9H2,1-2H3. The minimum Gasteiger partial charge on any atom is -0.308 e. The van der Waals surface area contributed by atoms with Crippen molar-refractivity contribution >= 4 is 23.1 Å². The van der Waals surface area contributed by atoms with Crippen LogP contribution in [0.25, 0.3) is 0 Å². The van der Waals surface area contributed by atoms with Crippen molar-refractivity contribution in [1.82, 2.24) is 5.32 Å². The van der Waals surface area contributed by atoms with E-state index in [-0.39, 0.29) is 0 Å². The fourth-order valence-corrected chi connectivity index (χ4v) is 3.68. The second-order valence-electron chi connectivity index (χ2n) is 4.36. The molecule has 1 heterocycles. The lowest BCUT2D eigenvalue weighted by Crippen LogP contribution is -2.43. The first-order valence-electron chi connectivity index (χ1n) is 5.58. The Morgan fingerprint density at radius 3 is 2.87 bits per heavy atom. The maximum Gasteiger partial charge on any atom is 0.0386 e. The highest BCUT2D eigenvalue weighted by Crippen LogP contribution is 2.42. The summed E-state index contributed by atoms with van der Waals surface area (Å²) in [7, 11) is 0. The molecule has 0 aromatic carbocycles. The third kappa shape index (κ3) is 2.58. The quantitative estimate of drug-likeness (QED) is 0.844. The molecule has 0 saturated heterocycles. The van der Waals surface area contributed by atoms with E-state index in [0.29, 0.717) is 10.8 Å². The molecule has 2 rings (SSSR count). The molecule has 1 unspecified atom stereocenters. The van der Waals surface area contributed by atoms with Crippen molar-refractivity contribution in [1.29, 1.82) is 0 Å². The molecule has 1 aliphatic carbocycles. The maximum atomic E-state index is 3.67. The van der Waals surface area contributed by atoms with Crippen molar-refractivity contribution in [3.8, 4) is 0 Å². The summed E-state index contributed by atoms with van der Waals surface area (Å²) in [6, 6.07) is 4.86. The van der Waals surface area contributed by atoms with E-state index in [1.807, 2.05) is 23.1 Å². The highest BCUT2D eigenvalue weighted by atomic mass is 32.2. The van der Waals surface area contributed by atoms with Gasteiger partial charge in [0.15, 0.2) is 0 Å². The first-order chi connectivity index (χ1) is 7.26. The van der Waals surface area contributed by atoms with Crippen molar-refractivity contribution in [3.05, 3.63) is 22.4 Å². The molecule has 1 N–H and O–H groups in total. The minimum absolute atomic E-state index is 0.509. The first-order valence-corrected chi connectivity index (χ1v) is 7.68. The molecule has 1 atom stereocenters. The van der Waals surface area contributed by atoms with Gasteiger partial charge < -0.3 is 5.32 Å². The minimum atomic E-state index is 0.509. The summed E-state index contributed by atoms with van der Waals surface area (Å²) in [5, 5.41) is 5.82. The van der Waals surface area contributed by atoms with Crippen LogP contribution in [0.15, 0.2) is 17.5 Å². The number of hydrogen-bond donors (Lipinski definition) is 1. The summed E-state index contributed by atoms with van der Waals surface area (Å²) in [5.41, 5.74) is 0. The van der Waals surface area contributed by atoms with Gasteiger partial charge in [0.05, 0.1) is 0 Å². The van der Waals surface area contributed by atoms with Gasteiger partial charge in [-0.1, -0.05) is 12.5 Å². The van der Waals surface area contributed by atoms with E-state index in [4.69, 9.17) is 0 Å². The number of thioether (sulfide) groups is 1. The molecule has 1 aromatic rings. The third-order valence-corrected chi connectivity index (χ3v) is 5.87. The Labute approximate surface area is 101 Å². The average molecular weight is 241 g/mol. The Hall–Kier alpha value is 0.01000.